The average molecular weight is 1420 g/mol. The van der Waals surface area contributed by atoms with Gasteiger partial charge >= 0.3 is 19.5 Å². The van der Waals surface area contributed by atoms with Gasteiger partial charge in [-0.2, -0.15) is 0 Å². The number of hydrogen-bond donors (Lipinski definition) is 0. The van der Waals surface area contributed by atoms with Crippen LogP contribution in [0.4, 0.5) is 0 Å². The van der Waals surface area contributed by atoms with Crippen LogP contribution in [0.1, 0.15) is 307 Å². The number of unbranched alkanes of at least 4 members (excludes halogenated alkanes) is 36. The summed E-state index contributed by atoms with van der Waals surface area (Å²) < 4.78 is 28.2. The second kappa shape index (κ2) is 46.0. The first-order valence-corrected chi connectivity index (χ1v) is 38.2. The second-order valence-electron chi connectivity index (χ2n) is 25.7. The molecule has 7 rings (SSSR count). The Morgan fingerprint density at radius 3 is 0.758 bits per heavy atom. The minimum Gasteiger partial charge on any atom is -0.656 e. The van der Waals surface area contributed by atoms with E-state index < -0.39 is 0 Å². The Labute approximate surface area is 581 Å². The van der Waals surface area contributed by atoms with Gasteiger partial charge in [0.1, 0.15) is 23.0 Å². The molecule has 494 valence electrons. The smallest absolute Gasteiger partial charge is 0.656 e. The number of aromatic nitrogens is 4. The summed E-state index contributed by atoms with van der Waals surface area (Å²) in [6.07, 6.45) is 59.6. The number of rotatable bonds is 50. The molecule has 5 heterocycles. The van der Waals surface area contributed by atoms with E-state index in [1.54, 1.807) is 0 Å². The second-order valence-corrected chi connectivity index (χ2v) is 27.3. The molecule has 0 N–H and O–H groups in total. The van der Waals surface area contributed by atoms with Gasteiger partial charge in [0.05, 0.1) is 49.2 Å². The van der Waals surface area contributed by atoms with Crippen LogP contribution in [0.15, 0.2) is 69.6 Å². The van der Waals surface area contributed by atoms with Crippen molar-refractivity contribution >= 4 is 78.2 Å². The van der Waals surface area contributed by atoms with Crippen molar-refractivity contribution in [3.05, 3.63) is 92.4 Å². The molecule has 91 heavy (non-hydrogen) atoms. The average Bonchev–Trinajstić information content (AvgIpc) is 1.83. The van der Waals surface area contributed by atoms with Gasteiger partial charge < -0.3 is 28.9 Å². The molecule has 0 spiro atoms. The molecule has 0 radical (unpaired) electrons. The molecule has 2 aromatic carbocycles. The molecule has 0 aliphatic carbocycles. The van der Waals surface area contributed by atoms with E-state index in [1.165, 1.54) is 231 Å². The maximum atomic E-state index is 6.65. The van der Waals surface area contributed by atoms with Crippen LogP contribution in [-0.2, 0) is 19.5 Å². The molecule has 8 nitrogen and oxygen atoms in total. The summed E-state index contributed by atoms with van der Waals surface area (Å²) in [7, 11) is 0. The monoisotopic (exact) mass is 1420 g/mol. The van der Waals surface area contributed by atoms with E-state index in [9.17, 15) is 0 Å². The van der Waals surface area contributed by atoms with Gasteiger partial charge in [0.2, 0.25) is 0 Å². The predicted octanol–water partition coefficient (Wildman–Crippen LogP) is 26.0. The van der Waals surface area contributed by atoms with Crippen LogP contribution in [0.3, 0.4) is 0 Å². The van der Waals surface area contributed by atoms with Crippen LogP contribution >= 0.6 is 31.9 Å². The Kier molecular flexibility index (Phi) is 38.4. The van der Waals surface area contributed by atoms with Gasteiger partial charge in [-0.05, 0) is 128 Å². The third kappa shape index (κ3) is 27.6. The molecule has 0 amide bonds. The van der Waals surface area contributed by atoms with Crippen molar-refractivity contribution in [1.29, 1.82) is 0 Å². The van der Waals surface area contributed by atoms with E-state index in [2.05, 4.69) is 145 Å². The van der Waals surface area contributed by atoms with E-state index in [0.29, 0.717) is 26.4 Å². The van der Waals surface area contributed by atoms with E-state index in [-0.39, 0.29) is 19.5 Å². The third-order valence-electron chi connectivity index (χ3n) is 17.9. The number of benzene rings is 2. The fourth-order valence-electron chi connectivity index (χ4n) is 12.5. The van der Waals surface area contributed by atoms with Crippen molar-refractivity contribution in [3.8, 4) is 45.3 Å². The van der Waals surface area contributed by atoms with Crippen LogP contribution in [0, 0.1) is 0 Å². The van der Waals surface area contributed by atoms with Gasteiger partial charge in [0.25, 0.3) is 0 Å². The zero-order valence-electron chi connectivity index (χ0n) is 57.1. The minimum absolute atomic E-state index is 0. The summed E-state index contributed by atoms with van der Waals surface area (Å²) in [6.45, 7) is 11.8. The first kappa shape index (κ1) is 75.8. The quantitative estimate of drug-likeness (QED) is 0.0275. The zero-order chi connectivity index (χ0) is 63.1. The maximum absolute atomic E-state index is 6.65. The van der Waals surface area contributed by atoms with E-state index in [1.807, 2.05) is 0 Å². The Morgan fingerprint density at radius 1 is 0.286 bits per heavy atom. The molecule has 11 heteroatoms. The van der Waals surface area contributed by atoms with Gasteiger partial charge in [-0.25, -0.2) is 9.97 Å². The molecule has 0 saturated heterocycles. The van der Waals surface area contributed by atoms with Crippen molar-refractivity contribution < 1.29 is 38.4 Å². The standard InChI is InChI=1S/C80H114Br2N4O4.Zn/c1-5-9-13-17-21-25-29-33-37-41-53-87-65-57-63(58-66(61-65)88-54-42-38-34-30-26-22-18-14-10-6-2)77-69-45-49-73(83-69)79(81)75-51-47-71(85-75)78(72-48-52-76(86-72)80(82)74-50-46-70(77)84-74)64-59-67(89-55-43-39-35-31-27-23-19-15-11-7-3)62-68(60-64)90-56-44-40-36-32-28-24-20-16-12-8-4;/h45-52,57-62H,5-44,53-56H2,1-4H3;/q-2;+2. The molecule has 8 bridgehead atoms. The number of fused-ring (bicyclic) bond motifs is 8. The Bertz CT molecular complexity index is 2760. The van der Waals surface area contributed by atoms with Crippen LogP contribution in [0.25, 0.3) is 68.6 Å². The molecule has 2 aliphatic rings. The first-order valence-electron chi connectivity index (χ1n) is 36.6. The molecule has 5 aromatic rings. The molecule has 0 saturated carbocycles. The Hall–Kier alpha value is -4.18. The predicted molar refractivity (Wildman–Crippen MR) is 392 cm³/mol. The van der Waals surface area contributed by atoms with Crippen LogP contribution in [0.2, 0.25) is 0 Å². The minimum atomic E-state index is 0. The summed E-state index contributed by atoms with van der Waals surface area (Å²) in [4.78, 5) is 21.5. The fourth-order valence-corrected chi connectivity index (χ4v) is 13.4. The molecular formula is C80H114Br2N4O4Zn. The van der Waals surface area contributed by atoms with Crippen molar-refractivity contribution in [2.24, 2.45) is 0 Å². The summed E-state index contributed by atoms with van der Waals surface area (Å²) in [6, 6.07) is 21.1. The van der Waals surface area contributed by atoms with Crippen LogP contribution in [-0.4, -0.2) is 36.4 Å². The zero-order valence-corrected chi connectivity index (χ0v) is 63.2. The van der Waals surface area contributed by atoms with Crippen molar-refractivity contribution in [1.82, 2.24) is 19.9 Å². The Morgan fingerprint density at radius 2 is 0.505 bits per heavy atom. The number of nitrogens with zero attached hydrogens (tertiary/aromatic N) is 4. The molecule has 0 atom stereocenters. The topological polar surface area (TPSA) is 90.9 Å². The van der Waals surface area contributed by atoms with Gasteiger partial charge in [0.15, 0.2) is 0 Å². The third-order valence-corrected chi connectivity index (χ3v) is 19.5. The van der Waals surface area contributed by atoms with Crippen LogP contribution < -0.4 is 28.9 Å². The molecule has 2 aliphatic heterocycles. The summed E-state index contributed by atoms with van der Waals surface area (Å²) in [5.41, 5.74) is 10.0. The molecular weight excluding hydrogens is 1310 g/mol. The summed E-state index contributed by atoms with van der Waals surface area (Å²) in [5.74, 6) is 3.20. The molecule has 0 fully saturated rings. The van der Waals surface area contributed by atoms with Crippen molar-refractivity contribution in [2.45, 2.75) is 285 Å². The maximum Gasteiger partial charge on any atom is 2.00 e. The Balaban J connectivity index is 0.0000132. The summed E-state index contributed by atoms with van der Waals surface area (Å²) >= 11 is 8.05. The molecule has 0 unspecified atom stereocenters. The first-order chi connectivity index (χ1) is 44.4. The number of ether oxygens (including phenoxy) is 4. The van der Waals surface area contributed by atoms with E-state index >= 15 is 0 Å². The van der Waals surface area contributed by atoms with Gasteiger partial charge in [-0.3, -0.25) is 0 Å². The van der Waals surface area contributed by atoms with Crippen molar-refractivity contribution in [3.63, 3.8) is 0 Å². The van der Waals surface area contributed by atoms with E-state index in [0.717, 1.165) is 125 Å². The van der Waals surface area contributed by atoms with Crippen LogP contribution in [0.5, 0.6) is 23.0 Å². The van der Waals surface area contributed by atoms with Crippen molar-refractivity contribution in [2.75, 3.05) is 26.4 Å². The largest absolute Gasteiger partial charge is 2.00 e. The van der Waals surface area contributed by atoms with Gasteiger partial charge in [-0.1, -0.05) is 283 Å². The normalized spacial score (nSPS) is 11.8. The SMILES string of the molecule is CCCCCCCCCCCCOc1cc(OCCCCCCCCCCCC)cc(-c2c3nc(c(Br)c4ccc([n-]4)c(-c4cc(OCCCCCCCCCCCC)cc(OCCCCCCCCCCCC)c4)c4nc(c(Br)c5ccc2[n-]5)C=C4)C=C3)c1.[Zn+2]. The number of halogens is 2. The van der Waals surface area contributed by atoms with Gasteiger partial charge in [0, 0.05) is 21.1 Å². The summed E-state index contributed by atoms with van der Waals surface area (Å²) in [5, 5.41) is 0. The van der Waals surface area contributed by atoms with E-state index in [4.69, 9.17) is 38.9 Å². The van der Waals surface area contributed by atoms with Gasteiger partial charge in [-0.15, -0.1) is 22.1 Å². The number of hydrogen-bond acceptors (Lipinski definition) is 6. The fraction of sp³-hybridized carbons (Fsp3) is 0.600. The molecule has 3 aromatic heterocycles.